The molecule has 0 radical (unpaired) electrons. The third-order valence-electron chi connectivity index (χ3n) is 14.2. The van der Waals surface area contributed by atoms with Gasteiger partial charge < -0.3 is 20.3 Å². The normalized spacial score (nSPS) is 12.7. The van der Waals surface area contributed by atoms with Crippen LogP contribution in [0.5, 0.6) is 0 Å². The number of carbonyl (C=O) groups is 2. The summed E-state index contributed by atoms with van der Waals surface area (Å²) in [6.45, 7) is 4.90. The Balaban J connectivity index is 3.37. The summed E-state index contributed by atoms with van der Waals surface area (Å²) in [6.07, 6.45) is 70.8. The van der Waals surface area contributed by atoms with E-state index in [4.69, 9.17) is 4.74 Å². The lowest BCUT2D eigenvalue weighted by Gasteiger charge is -2.20. The number of nitrogens with one attached hydrogen (secondary N) is 1. The monoisotopic (exact) mass is 958 g/mol. The molecule has 0 aliphatic carbocycles. The van der Waals surface area contributed by atoms with E-state index in [1.165, 1.54) is 270 Å². The quantitative estimate of drug-likeness (QED) is 0.0321. The van der Waals surface area contributed by atoms with Crippen LogP contribution in [-0.2, 0) is 14.3 Å². The lowest BCUT2D eigenvalue weighted by atomic mass is 10.0. The molecule has 0 rings (SSSR count). The molecule has 68 heavy (non-hydrogen) atoms. The SMILES string of the molecule is CCCCCCCCCC/C=C/C(O)C(CO)NC(=O)CCCCCCCCCCC/C=C\CCCCCCCCCCCCCCOC(=O)CCCCCCCCCCCCCCCCCC. The van der Waals surface area contributed by atoms with Crippen LogP contribution in [0.2, 0.25) is 0 Å². The fraction of sp³-hybridized carbons (Fsp3) is 0.903. The van der Waals surface area contributed by atoms with Crippen molar-refractivity contribution in [3.63, 3.8) is 0 Å². The number of esters is 1. The number of aliphatic hydroxyl groups excluding tert-OH is 2. The number of ether oxygens (including phenoxy) is 1. The molecule has 0 saturated carbocycles. The minimum Gasteiger partial charge on any atom is -0.466 e. The van der Waals surface area contributed by atoms with E-state index in [0.29, 0.717) is 19.4 Å². The minimum absolute atomic E-state index is 0.0166. The van der Waals surface area contributed by atoms with E-state index in [9.17, 15) is 19.8 Å². The summed E-state index contributed by atoms with van der Waals surface area (Å²) in [5, 5.41) is 23.0. The van der Waals surface area contributed by atoms with Crippen molar-refractivity contribution in [2.75, 3.05) is 13.2 Å². The van der Waals surface area contributed by atoms with Gasteiger partial charge in [0.1, 0.15) is 0 Å². The van der Waals surface area contributed by atoms with Crippen LogP contribution in [0.25, 0.3) is 0 Å². The van der Waals surface area contributed by atoms with Crippen LogP contribution in [0.1, 0.15) is 335 Å². The average Bonchev–Trinajstić information content (AvgIpc) is 3.34. The first-order valence-electron chi connectivity index (χ1n) is 30.6. The van der Waals surface area contributed by atoms with Crippen molar-refractivity contribution >= 4 is 11.9 Å². The van der Waals surface area contributed by atoms with Crippen LogP contribution >= 0.6 is 0 Å². The Morgan fingerprint density at radius 3 is 1.04 bits per heavy atom. The van der Waals surface area contributed by atoms with E-state index >= 15 is 0 Å². The second-order valence-electron chi connectivity index (χ2n) is 21.0. The molecule has 2 unspecified atom stereocenters. The van der Waals surface area contributed by atoms with Crippen molar-refractivity contribution in [1.29, 1.82) is 0 Å². The molecule has 0 bridgehead atoms. The number of carbonyl (C=O) groups excluding carboxylic acids is 2. The molecule has 0 aliphatic heterocycles. The van der Waals surface area contributed by atoms with Gasteiger partial charge in [-0.05, 0) is 57.8 Å². The summed E-state index contributed by atoms with van der Waals surface area (Å²) in [4.78, 5) is 24.5. The zero-order valence-electron chi connectivity index (χ0n) is 45.9. The lowest BCUT2D eigenvalue weighted by Crippen LogP contribution is -2.45. The average molecular weight is 959 g/mol. The third kappa shape index (κ3) is 53.7. The van der Waals surface area contributed by atoms with E-state index in [1.54, 1.807) is 6.08 Å². The molecular weight excluding hydrogens is 839 g/mol. The van der Waals surface area contributed by atoms with Gasteiger partial charge in [-0.25, -0.2) is 0 Å². The van der Waals surface area contributed by atoms with E-state index in [1.807, 2.05) is 6.08 Å². The lowest BCUT2D eigenvalue weighted by molar-refractivity contribution is -0.143. The number of allylic oxidation sites excluding steroid dienone is 3. The molecule has 402 valence electrons. The van der Waals surface area contributed by atoms with Crippen molar-refractivity contribution in [1.82, 2.24) is 5.32 Å². The van der Waals surface area contributed by atoms with Gasteiger partial charge in [0.15, 0.2) is 0 Å². The van der Waals surface area contributed by atoms with E-state index in [0.717, 1.165) is 38.5 Å². The Labute approximate surface area is 424 Å². The van der Waals surface area contributed by atoms with Crippen molar-refractivity contribution in [2.24, 2.45) is 0 Å². The highest BCUT2D eigenvalue weighted by molar-refractivity contribution is 5.76. The summed E-state index contributed by atoms with van der Waals surface area (Å²) >= 11 is 0. The molecule has 0 aromatic carbocycles. The highest BCUT2D eigenvalue weighted by Crippen LogP contribution is 2.17. The largest absolute Gasteiger partial charge is 0.466 e. The number of hydrogen-bond acceptors (Lipinski definition) is 5. The van der Waals surface area contributed by atoms with Crippen molar-refractivity contribution in [2.45, 2.75) is 347 Å². The van der Waals surface area contributed by atoms with Gasteiger partial charge in [0.2, 0.25) is 5.91 Å². The van der Waals surface area contributed by atoms with Crippen LogP contribution in [-0.4, -0.2) is 47.4 Å². The number of unbranched alkanes of at least 4 members (excludes halogenated alkanes) is 44. The Morgan fingerprint density at radius 2 is 0.691 bits per heavy atom. The van der Waals surface area contributed by atoms with Gasteiger partial charge in [-0.3, -0.25) is 9.59 Å². The molecule has 0 fully saturated rings. The second-order valence-corrected chi connectivity index (χ2v) is 21.0. The predicted octanol–water partition coefficient (Wildman–Crippen LogP) is 19.0. The highest BCUT2D eigenvalue weighted by atomic mass is 16.5. The zero-order valence-corrected chi connectivity index (χ0v) is 45.9. The van der Waals surface area contributed by atoms with E-state index in [-0.39, 0.29) is 18.5 Å². The van der Waals surface area contributed by atoms with Gasteiger partial charge in [-0.15, -0.1) is 0 Å². The standard InChI is InChI=1S/C62H119NO5/c1-3-5-7-9-11-13-15-16-17-30-33-36-40-44-48-52-56-62(67)68-57-53-49-45-41-37-34-31-28-26-24-22-20-18-19-21-23-25-27-29-32-35-39-43-47-51-55-61(66)63-59(58-64)60(65)54-50-46-42-38-14-12-10-8-6-4-2/h19,21,50,54,59-60,64-65H,3-18,20,22-49,51-53,55-58H2,1-2H3,(H,63,66)/b21-19-,54-50+. The molecule has 0 aromatic heterocycles. The number of rotatable bonds is 57. The Morgan fingerprint density at radius 1 is 0.397 bits per heavy atom. The van der Waals surface area contributed by atoms with Crippen molar-refractivity contribution in [3.05, 3.63) is 24.3 Å². The van der Waals surface area contributed by atoms with Crippen LogP contribution in [0, 0.1) is 0 Å². The zero-order chi connectivity index (χ0) is 49.3. The maximum Gasteiger partial charge on any atom is 0.305 e. The molecule has 1 amide bonds. The van der Waals surface area contributed by atoms with Crippen LogP contribution < -0.4 is 5.32 Å². The molecule has 0 aromatic rings. The van der Waals surface area contributed by atoms with Crippen LogP contribution in [0.4, 0.5) is 0 Å². The molecule has 0 spiro atoms. The third-order valence-corrected chi connectivity index (χ3v) is 14.2. The molecule has 0 heterocycles. The van der Waals surface area contributed by atoms with Crippen molar-refractivity contribution in [3.8, 4) is 0 Å². The summed E-state index contributed by atoms with van der Waals surface area (Å²) in [5.74, 6) is -0.0557. The highest BCUT2D eigenvalue weighted by Gasteiger charge is 2.18. The smallest absolute Gasteiger partial charge is 0.305 e. The van der Waals surface area contributed by atoms with Crippen LogP contribution in [0.3, 0.4) is 0 Å². The molecule has 3 N–H and O–H groups in total. The van der Waals surface area contributed by atoms with E-state index in [2.05, 4.69) is 31.3 Å². The second kappa shape index (κ2) is 57.9. The number of aliphatic hydroxyl groups is 2. The molecule has 2 atom stereocenters. The molecule has 6 heteroatoms. The molecule has 0 saturated heterocycles. The van der Waals surface area contributed by atoms with Crippen molar-refractivity contribution < 1.29 is 24.5 Å². The van der Waals surface area contributed by atoms with E-state index < -0.39 is 12.1 Å². The Kier molecular flexibility index (Phi) is 56.5. The first kappa shape index (κ1) is 66.3. The summed E-state index contributed by atoms with van der Waals surface area (Å²) in [6, 6.07) is -0.628. The van der Waals surface area contributed by atoms with Gasteiger partial charge in [0.05, 0.1) is 25.4 Å². The maximum absolute atomic E-state index is 12.4. The Bertz CT molecular complexity index is 1060. The first-order valence-corrected chi connectivity index (χ1v) is 30.6. The van der Waals surface area contributed by atoms with Gasteiger partial charge in [0.25, 0.3) is 0 Å². The van der Waals surface area contributed by atoms with Gasteiger partial charge in [-0.1, -0.05) is 289 Å². The minimum atomic E-state index is -0.844. The van der Waals surface area contributed by atoms with Gasteiger partial charge >= 0.3 is 5.97 Å². The first-order chi connectivity index (χ1) is 33.5. The number of amides is 1. The predicted molar refractivity (Wildman–Crippen MR) is 296 cm³/mol. The van der Waals surface area contributed by atoms with Gasteiger partial charge in [-0.2, -0.15) is 0 Å². The Hall–Kier alpha value is -1.66. The molecular formula is C62H119NO5. The van der Waals surface area contributed by atoms with Gasteiger partial charge in [0, 0.05) is 12.8 Å². The molecule has 6 nitrogen and oxygen atoms in total. The fourth-order valence-corrected chi connectivity index (χ4v) is 9.51. The fourth-order valence-electron chi connectivity index (χ4n) is 9.51. The topological polar surface area (TPSA) is 95.9 Å². The number of hydrogen-bond donors (Lipinski definition) is 3. The summed E-state index contributed by atoms with van der Waals surface area (Å²) in [5.41, 5.74) is 0. The summed E-state index contributed by atoms with van der Waals surface area (Å²) < 4.78 is 5.49. The van der Waals surface area contributed by atoms with Crippen LogP contribution in [0.15, 0.2) is 24.3 Å². The maximum atomic E-state index is 12.4. The summed E-state index contributed by atoms with van der Waals surface area (Å²) in [7, 11) is 0. The molecule has 0 aliphatic rings.